The van der Waals surface area contributed by atoms with E-state index >= 15 is 0 Å². The standard InChI is InChI=1S/C17H42O13Si8/c1-8-32-19-17-31(16-15-18)20-33(9-2)24-35(11-4,22-32)28-38(14-7)29-36(12-5,23-32)25-34(10-3,21-31)27-37(13-6,26-33)30-38/h18H,8-17H2,1-7H3. The molecule has 6 fully saturated rings. The zero-order valence-electron chi connectivity index (χ0n) is 23.4. The van der Waals surface area contributed by atoms with Crippen molar-refractivity contribution in [2.75, 3.05) is 12.8 Å². The molecule has 0 aromatic heterocycles. The molecule has 6 saturated heterocycles. The minimum atomic E-state index is -3.64. The highest BCUT2D eigenvalue weighted by atomic mass is 28.6. The van der Waals surface area contributed by atoms with Crippen LogP contribution in [0.15, 0.2) is 0 Å². The molecule has 38 heavy (non-hydrogen) atoms. The summed E-state index contributed by atoms with van der Waals surface area (Å²) in [6.07, 6.45) is 0.0663. The molecule has 8 bridgehead atoms. The SMILES string of the molecule is CC[Si]12OC[Si]3(CCO)O[Si]4(CC)O[Si](CC)(O1)O[Si]1(CC)O[Si](CC)(O2)O[Si](CC)(O3)O[Si](CC)(O4)O1. The lowest BCUT2D eigenvalue weighted by Crippen LogP contribution is -2.84. The molecule has 0 aromatic carbocycles. The van der Waals surface area contributed by atoms with E-state index in [2.05, 4.69) is 0 Å². The molecule has 0 radical (unpaired) electrons. The molecule has 0 saturated carbocycles. The Labute approximate surface area is 234 Å². The molecule has 0 amide bonds. The quantitative estimate of drug-likeness (QED) is 0.359. The molecule has 6 aliphatic heterocycles. The predicted molar refractivity (Wildman–Crippen MR) is 149 cm³/mol. The van der Waals surface area contributed by atoms with Gasteiger partial charge in [-0.1, -0.05) is 48.5 Å². The van der Waals surface area contributed by atoms with Gasteiger partial charge in [0, 0.05) is 55.0 Å². The van der Waals surface area contributed by atoms with E-state index in [1.165, 1.54) is 0 Å². The molecule has 0 aromatic rings. The maximum atomic E-state index is 10.3. The molecule has 0 spiro atoms. The van der Waals surface area contributed by atoms with Crippen LogP contribution in [-0.4, -0.2) is 88.1 Å². The molecular formula is C17H42O13Si8. The first-order chi connectivity index (χ1) is 18.0. The minimum Gasteiger partial charge on any atom is -0.396 e. The smallest absolute Gasteiger partial charge is 0.396 e. The lowest BCUT2D eigenvalue weighted by Gasteiger charge is -2.59. The van der Waals surface area contributed by atoms with Crippen LogP contribution in [-0.2, 0) is 49.7 Å². The number of rotatable bonds is 9. The molecular weight excluding hydrogens is 637 g/mol. The fourth-order valence-corrected chi connectivity index (χ4v) is 53.5. The van der Waals surface area contributed by atoms with Crippen LogP contribution in [0.4, 0.5) is 0 Å². The molecule has 1 N–H and O–H groups in total. The van der Waals surface area contributed by atoms with Crippen molar-refractivity contribution in [3.8, 4) is 0 Å². The largest absolute Gasteiger partial charge is 0.485 e. The van der Waals surface area contributed by atoms with Crippen molar-refractivity contribution < 1.29 is 54.8 Å². The number of hydrogen-bond donors (Lipinski definition) is 1. The van der Waals surface area contributed by atoms with E-state index in [0.29, 0.717) is 42.3 Å². The van der Waals surface area contributed by atoms with Gasteiger partial charge in [-0.2, -0.15) is 0 Å². The van der Waals surface area contributed by atoms with E-state index < -0.39 is 70.2 Å². The van der Waals surface area contributed by atoms with Crippen LogP contribution >= 0.6 is 0 Å². The van der Waals surface area contributed by atoms with Crippen LogP contribution in [0.3, 0.4) is 0 Å². The van der Waals surface area contributed by atoms with E-state index in [4.69, 9.17) is 49.7 Å². The third kappa shape index (κ3) is 4.96. The van der Waals surface area contributed by atoms with Gasteiger partial charge < -0.3 is 54.8 Å². The Kier molecular flexibility index (Phi) is 8.42. The molecule has 6 heterocycles. The van der Waals surface area contributed by atoms with Crippen molar-refractivity contribution in [1.82, 2.24) is 0 Å². The van der Waals surface area contributed by atoms with E-state index in [1.807, 2.05) is 48.5 Å². The second kappa shape index (κ2) is 10.4. The van der Waals surface area contributed by atoms with Gasteiger partial charge >= 0.3 is 70.2 Å². The summed E-state index contributed by atoms with van der Waals surface area (Å²) < 4.78 is 84.1. The molecule has 4 unspecified atom stereocenters. The van der Waals surface area contributed by atoms with E-state index in [0.717, 1.165) is 0 Å². The summed E-state index contributed by atoms with van der Waals surface area (Å²) in [7, 11) is -28.7. The van der Waals surface area contributed by atoms with Crippen molar-refractivity contribution >= 4 is 70.2 Å². The van der Waals surface area contributed by atoms with Crippen LogP contribution in [0.5, 0.6) is 0 Å². The van der Waals surface area contributed by atoms with E-state index in [-0.39, 0.29) is 18.9 Å². The van der Waals surface area contributed by atoms with Gasteiger partial charge in [-0.05, 0) is 0 Å². The number of hydrogen-bond acceptors (Lipinski definition) is 13. The van der Waals surface area contributed by atoms with Crippen LogP contribution in [0.25, 0.3) is 0 Å². The zero-order chi connectivity index (χ0) is 27.6. The Morgan fingerprint density at radius 2 is 0.684 bits per heavy atom. The lowest BCUT2D eigenvalue weighted by molar-refractivity contribution is 0.00569. The fraction of sp³-hybridized carbons (Fsp3) is 1.00. The first-order valence-corrected chi connectivity index (χ1v) is 29.7. The lowest BCUT2D eigenvalue weighted by atomic mass is 10.9. The highest BCUT2D eigenvalue weighted by molar-refractivity contribution is 7.01. The third-order valence-electron chi connectivity index (χ3n) is 7.52. The summed E-state index contributed by atoms with van der Waals surface area (Å²) in [5.41, 5.74) is 0. The van der Waals surface area contributed by atoms with Gasteiger partial charge in [0.2, 0.25) is 0 Å². The third-order valence-corrected chi connectivity index (χ3v) is 43.9. The molecule has 6 rings (SSSR count). The van der Waals surface area contributed by atoms with Gasteiger partial charge in [0.15, 0.2) is 0 Å². The molecule has 13 nitrogen and oxygen atoms in total. The predicted octanol–water partition coefficient (Wildman–Crippen LogP) is 2.94. The first-order valence-electron chi connectivity index (χ1n) is 13.9. The summed E-state index contributed by atoms with van der Waals surface area (Å²) in [6.45, 7) is 13.6. The highest BCUT2D eigenvalue weighted by Crippen LogP contribution is 2.51. The Bertz CT molecular complexity index is 854. The normalized spacial score (nSPS) is 52.1. The van der Waals surface area contributed by atoms with Crippen LogP contribution in [0.1, 0.15) is 48.5 Å². The maximum absolute atomic E-state index is 10.3. The molecule has 4 atom stereocenters. The topological polar surface area (TPSA) is 131 Å². The Morgan fingerprint density at radius 3 is 0.947 bits per heavy atom. The maximum Gasteiger partial charge on any atom is 0.485 e. The highest BCUT2D eigenvalue weighted by Gasteiger charge is 2.79. The van der Waals surface area contributed by atoms with Crippen molar-refractivity contribution in [3.63, 3.8) is 0 Å². The first kappa shape index (κ1) is 30.7. The second-order valence-corrected chi connectivity index (χ2v) is 36.4. The van der Waals surface area contributed by atoms with Crippen LogP contribution in [0, 0.1) is 0 Å². The molecule has 0 aliphatic carbocycles. The Morgan fingerprint density at radius 1 is 0.421 bits per heavy atom. The molecule has 21 heteroatoms. The average molecular weight is 679 g/mol. The fourth-order valence-electron chi connectivity index (χ4n) is 5.34. The van der Waals surface area contributed by atoms with Crippen molar-refractivity contribution in [2.45, 2.75) is 96.8 Å². The Balaban J connectivity index is 1.87. The minimum absolute atomic E-state index is 0.0663. The zero-order valence-corrected chi connectivity index (χ0v) is 31.4. The van der Waals surface area contributed by atoms with Gasteiger partial charge in [0.05, 0.1) is 6.23 Å². The van der Waals surface area contributed by atoms with Gasteiger partial charge in [-0.3, -0.25) is 0 Å². The second-order valence-electron chi connectivity index (χ2n) is 10.1. The average Bonchev–Trinajstić information content (AvgIpc) is 2.96. The van der Waals surface area contributed by atoms with Gasteiger partial charge in [0.25, 0.3) is 0 Å². The number of aliphatic hydroxyl groups excluding tert-OH is 1. The summed E-state index contributed by atoms with van der Waals surface area (Å²) >= 11 is 0. The van der Waals surface area contributed by atoms with Crippen LogP contribution in [0.2, 0.25) is 48.4 Å². The number of aliphatic hydroxyl groups is 1. The molecule has 220 valence electrons. The van der Waals surface area contributed by atoms with Gasteiger partial charge in [0.1, 0.15) is 0 Å². The van der Waals surface area contributed by atoms with Gasteiger partial charge in [-0.25, -0.2) is 0 Å². The summed E-state index contributed by atoms with van der Waals surface area (Å²) in [6, 6.07) is 3.20. The van der Waals surface area contributed by atoms with Crippen molar-refractivity contribution in [3.05, 3.63) is 0 Å². The van der Waals surface area contributed by atoms with Crippen LogP contribution < -0.4 is 0 Å². The monoisotopic (exact) mass is 678 g/mol. The summed E-state index contributed by atoms with van der Waals surface area (Å²) in [5, 5.41) is 10.3. The van der Waals surface area contributed by atoms with E-state index in [1.54, 1.807) is 0 Å². The number of fused-ring (bicyclic) bond motifs is 1. The summed E-state index contributed by atoms with van der Waals surface area (Å²) in [5.74, 6) is 0. The van der Waals surface area contributed by atoms with E-state index in [9.17, 15) is 5.11 Å². The van der Waals surface area contributed by atoms with Crippen molar-refractivity contribution in [2.24, 2.45) is 0 Å². The Hall–Kier alpha value is 1.22. The molecule has 6 aliphatic rings. The van der Waals surface area contributed by atoms with Gasteiger partial charge in [-0.15, -0.1) is 0 Å². The van der Waals surface area contributed by atoms with Crippen molar-refractivity contribution in [1.29, 1.82) is 0 Å². The summed E-state index contributed by atoms with van der Waals surface area (Å²) in [4.78, 5) is 0.